The lowest BCUT2D eigenvalue weighted by Gasteiger charge is -2.23. The molecule has 0 bridgehead atoms. The molecule has 1 aliphatic rings. The van der Waals surface area contributed by atoms with E-state index in [1.54, 1.807) is 29.2 Å². The summed E-state index contributed by atoms with van der Waals surface area (Å²) in [5, 5.41) is 9.73. The van der Waals surface area contributed by atoms with Crippen molar-refractivity contribution in [1.82, 2.24) is 4.90 Å². The maximum atomic E-state index is 12.1. The highest BCUT2D eigenvalue weighted by atomic mass is 35.5. The van der Waals surface area contributed by atoms with Crippen LogP contribution in [0.1, 0.15) is 23.2 Å². The molecule has 1 fully saturated rings. The molecule has 1 saturated heterocycles. The van der Waals surface area contributed by atoms with Crippen LogP contribution in [0.4, 0.5) is 0 Å². The molecule has 1 amide bonds. The number of benzene rings is 1. The Labute approximate surface area is 99.6 Å². The van der Waals surface area contributed by atoms with E-state index in [1.165, 1.54) is 0 Å². The van der Waals surface area contributed by atoms with Crippen molar-refractivity contribution >= 4 is 17.5 Å². The molecular weight excluding hydrogens is 226 g/mol. The molecule has 1 aromatic carbocycles. The molecule has 4 heteroatoms. The van der Waals surface area contributed by atoms with Gasteiger partial charge in [-0.25, -0.2) is 0 Å². The Balaban J connectivity index is 2.18. The maximum absolute atomic E-state index is 12.1. The maximum Gasteiger partial charge on any atom is 0.254 e. The SMILES string of the molecule is O=C(c1cccc(Cl)c1)N1CCC[C@H]1CO. The first kappa shape index (κ1) is 11.4. The van der Waals surface area contributed by atoms with Crippen LogP contribution in [0.5, 0.6) is 0 Å². The summed E-state index contributed by atoms with van der Waals surface area (Å²) in [6.45, 7) is 0.753. The van der Waals surface area contributed by atoms with Gasteiger partial charge in [0.05, 0.1) is 12.6 Å². The zero-order valence-electron chi connectivity index (χ0n) is 8.90. The monoisotopic (exact) mass is 239 g/mol. The van der Waals surface area contributed by atoms with E-state index in [-0.39, 0.29) is 18.6 Å². The van der Waals surface area contributed by atoms with Gasteiger partial charge in [0.2, 0.25) is 0 Å². The van der Waals surface area contributed by atoms with E-state index in [9.17, 15) is 4.79 Å². The van der Waals surface area contributed by atoms with Crippen molar-refractivity contribution < 1.29 is 9.90 Å². The van der Waals surface area contributed by atoms with E-state index >= 15 is 0 Å². The number of aliphatic hydroxyl groups is 1. The van der Waals surface area contributed by atoms with Crippen LogP contribution in [0.25, 0.3) is 0 Å². The summed E-state index contributed by atoms with van der Waals surface area (Å²) in [7, 11) is 0. The summed E-state index contributed by atoms with van der Waals surface area (Å²) in [5.41, 5.74) is 0.591. The van der Waals surface area contributed by atoms with E-state index in [1.807, 2.05) is 0 Å². The summed E-state index contributed by atoms with van der Waals surface area (Å²) < 4.78 is 0. The fourth-order valence-corrected chi connectivity index (χ4v) is 2.27. The number of hydrogen-bond donors (Lipinski definition) is 1. The van der Waals surface area contributed by atoms with Crippen molar-refractivity contribution in [2.24, 2.45) is 0 Å². The second-order valence-electron chi connectivity index (χ2n) is 3.99. The van der Waals surface area contributed by atoms with Gasteiger partial charge in [0.15, 0.2) is 0 Å². The molecule has 1 heterocycles. The molecule has 1 atom stereocenters. The number of amides is 1. The Hall–Kier alpha value is -1.06. The van der Waals surface area contributed by atoms with Crippen LogP contribution in [0.2, 0.25) is 5.02 Å². The lowest BCUT2D eigenvalue weighted by molar-refractivity contribution is 0.0677. The van der Waals surface area contributed by atoms with Crippen LogP contribution in [0, 0.1) is 0 Å². The average molecular weight is 240 g/mol. The fraction of sp³-hybridized carbons (Fsp3) is 0.417. The minimum absolute atomic E-state index is 0.0340. The van der Waals surface area contributed by atoms with E-state index < -0.39 is 0 Å². The highest BCUT2D eigenvalue weighted by Crippen LogP contribution is 2.20. The average Bonchev–Trinajstić information content (AvgIpc) is 2.76. The fourth-order valence-electron chi connectivity index (χ4n) is 2.08. The van der Waals surface area contributed by atoms with Crippen molar-refractivity contribution in [3.63, 3.8) is 0 Å². The first-order valence-electron chi connectivity index (χ1n) is 5.40. The lowest BCUT2D eigenvalue weighted by Crippen LogP contribution is -2.37. The van der Waals surface area contributed by atoms with Gasteiger partial charge >= 0.3 is 0 Å². The molecule has 16 heavy (non-hydrogen) atoms. The zero-order chi connectivity index (χ0) is 11.5. The third-order valence-corrected chi connectivity index (χ3v) is 3.16. The molecule has 86 valence electrons. The normalized spacial score (nSPS) is 20.1. The summed E-state index contributed by atoms with van der Waals surface area (Å²) >= 11 is 5.85. The molecule has 3 nitrogen and oxygen atoms in total. The van der Waals surface area contributed by atoms with Gasteiger partial charge in [0.25, 0.3) is 5.91 Å². The third kappa shape index (κ3) is 2.20. The Bertz CT molecular complexity index is 394. The van der Waals surface area contributed by atoms with Gasteiger partial charge in [-0.3, -0.25) is 4.79 Å². The van der Waals surface area contributed by atoms with Crippen LogP contribution in [0.15, 0.2) is 24.3 Å². The van der Waals surface area contributed by atoms with Gasteiger partial charge in [-0.15, -0.1) is 0 Å². The molecule has 0 aromatic heterocycles. The quantitative estimate of drug-likeness (QED) is 0.857. The van der Waals surface area contributed by atoms with Crippen molar-refractivity contribution in [2.45, 2.75) is 18.9 Å². The van der Waals surface area contributed by atoms with Gasteiger partial charge in [-0.1, -0.05) is 17.7 Å². The molecule has 0 aliphatic carbocycles. The Morgan fingerprint density at radius 3 is 3.06 bits per heavy atom. The van der Waals surface area contributed by atoms with E-state index in [0.717, 1.165) is 19.4 Å². The summed E-state index contributed by atoms with van der Waals surface area (Å²) in [4.78, 5) is 13.9. The van der Waals surface area contributed by atoms with Gasteiger partial charge < -0.3 is 10.0 Å². The second kappa shape index (κ2) is 4.85. The van der Waals surface area contributed by atoms with E-state index in [4.69, 9.17) is 16.7 Å². The predicted molar refractivity (Wildman–Crippen MR) is 62.6 cm³/mol. The molecule has 0 spiro atoms. The Morgan fingerprint density at radius 2 is 2.38 bits per heavy atom. The minimum Gasteiger partial charge on any atom is -0.394 e. The van der Waals surface area contributed by atoms with Crippen LogP contribution in [-0.2, 0) is 0 Å². The number of halogens is 1. The second-order valence-corrected chi connectivity index (χ2v) is 4.42. The van der Waals surface area contributed by atoms with Crippen molar-refractivity contribution in [2.75, 3.05) is 13.2 Å². The van der Waals surface area contributed by atoms with Crippen molar-refractivity contribution in [3.05, 3.63) is 34.9 Å². The standard InChI is InChI=1S/C12H14ClNO2/c13-10-4-1-3-9(7-10)12(16)14-6-2-5-11(14)8-15/h1,3-4,7,11,15H,2,5-6,8H2/t11-/m0/s1. The first-order chi connectivity index (χ1) is 7.72. The van der Waals surface area contributed by atoms with Gasteiger partial charge in [0.1, 0.15) is 0 Å². The molecule has 1 N–H and O–H groups in total. The Morgan fingerprint density at radius 1 is 1.56 bits per heavy atom. The van der Waals surface area contributed by atoms with Gasteiger partial charge in [-0.05, 0) is 31.0 Å². The zero-order valence-corrected chi connectivity index (χ0v) is 9.65. The molecule has 1 aromatic rings. The lowest BCUT2D eigenvalue weighted by atomic mass is 10.2. The van der Waals surface area contributed by atoms with Gasteiger partial charge in [-0.2, -0.15) is 0 Å². The molecule has 0 unspecified atom stereocenters. The number of likely N-dealkylation sites (tertiary alicyclic amines) is 1. The minimum atomic E-state index is -0.0425. The van der Waals surface area contributed by atoms with Crippen LogP contribution in [0.3, 0.4) is 0 Å². The van der Waals surface area contributed by atoms with Crippen molar-refractivity contribution in [3.8, 4) is 0 Å². The number of carbonyl (C=O) groups is 1. The summed E-state index contributed by atoms with van der Waals surface area (Å²) in [6, 6.07) is 6.88. The highest BCUT2D eigenvalue weighted by molar-refractivity contribution is 6.30. The summed E-state index contributed by atoms with van der Waals surface area (Å²) in [6.07, 6.45) is 1.83. The first-order valence-corrected chi connectivity index (χ1v) is 5.77. The summed E-state index contributed by atoms with van der Waals surface area (Å²) in [5.74, 6) is -0.0425. The number of rotatable bonds is 2. The largest absolute Gasteiger partial charge is 0.394 e. The molecule has 0 saturated carbocycles. The number of hydrogen-bond acceptors (Lipinski definition) is 2. The van der Waals surface area contributed by atoms with E-state index in [2.05, 4.69) is 0 Å². The molecule has 1 aliphatic heterocycles. The molecular formula is C12H14ClNO2. The van der Waals surface area contributed by atoms with Crippen LogP contribution in [-0.4, -0.2) is 35.1 Å². The number of nitrogens with zero attached hydrogens (tertiary/aromatic N) is 1. The highest BCUT2D eigenvalue weighted by Gasteiger charge is 2.28. The molecule has 2 rings (SSSR count). The third-order valence-electron chi connectivity index (χ3n) is 2.92. The predicted octanol–water partition coefficient (Wildman–Crippen LogP) is 1.94. The van der Waals surface area contributed by atoms with Crippen LogP contribution < -0.4 is 0 Å². The van der Waals surface area contributed by atoms with Crippen molar-refractivity contribution in [1.29, 1.82) is 0 Å². The Kier molecular flexibility index (Phi) is 3.46. The smallest absolute Gasteiger partial charge is 0.254 e. The van der Waals surface area contributed by atoms with Crippen LogP contribution >= 0.6 is 11.6 Å². The molecule has 0 radical (unpaired) electrons. The van der Waals surface area contributed by atoms with E-state index in [0.29, 0.717) is 10.6 Å². The number of aliphatic hydroxyl groups excluding tert-OH is 1. The van der Waals surface area contributed by atoms with Gasteiger partial charge in [0, 0.05) is 17.1 Å². The topological polar surface area (TPSA) is 40.5 Å². The number of carbonyl (C=O) groups excluding carboxylic acids is 1.